The fraction of sp³-hybridized carbons (Fsp3) is 0.917. The second-order valence-corrected chi connectivity index (χ2v) is 11.2. The molecule has 0 atom stereocenters. The van der Waals surface area contributed by atoms with Crippen molar-refractivity contribution in [3.63, 3.8) is 0 Å². The maximum Gasteiger partial charge on any atom is 0.500 e. The van der Waals surface area contributed by atoms with E-state index in [0.717, 1.165) is 25.6 Å². The first-order valence-corrected chi connectivity index (χ1v) is 14.2. The number of halogens is 2. The lowest BCUT2D eigenvalue weighted by atomic mass is 10.1. The Morgan fingerprint density at radius 2 is 1.00 bits per heavy atom. The summed E-state index contributed by atoms with van der Waals surface area (Å²) in [6.45, 7) is 4.40. The molecular formula is C24H53Cl2NO3Si. The van der Waals surface area contributed by atoms with Gasteiger partial charge in [0, 0.05) is 27.4 Å². The van der Waals surface area contributed by atoms with Crippen LogP contribution in [0.4, 0.5) is 0 Å². The Labute approximate surface area is 207 Å². The minimum absolute atomic E-state index is 0. The van der Waals surface area contributed by atoms with E-state index in [1.165, 1.54) is 89.9 Å². The lowest BCUT2D eigenvalue weighted by Crippen LogP contribution is -2.43. The summed E-state index contributed by atoms with van der Waals surface area (Å²) in [5, 5.41) is 3.53. The summed E-state index contributed by atoms with van der Waals surface area (Å²) >= 11 is 0. The third-order valence-electron chi connectivity index (χ3n) is 5.63. The Kier molecular flexibility index (Phi) is 33.0. The van der Waals surface area contributed by atoms with Gasteiger partial charge < -0.3 is 18.6 Å². The van der Waals surface area contributed by atoms with E-state index in [2.05, 4.69) is 24.4 Å². The molecule has 0 radical (unpaired) electrons. The molecule has 0 unspecified atom stereocenters. The summed E-state index contributed by atoms with van der Waals surface area (Å²) in [5.74, 6) is 0. The molecular weight excluding hydrogens is 449 g/mol. The third kappa shape index (κ3) is 23.3. The molecule has 0 bridgehead atoms. The first-order valence-electron chi connectivity index (χ1n) is 12.3. The number of hydrogen-bond donors (Lipinski definition) is 1. The molecule has 0 amide bonds. The molecule has 0 saturated heterocycles. The summed E-state index contributed by atoms with van der Waals surface area (Å²) in [6, 6.07) is 0.872. The average molecular weight is 503 g/mol. The van der Waals surface area contributed by atoms with E-state index >= 15 is 0 Å². The van der Waals surface area contributed by atoms with Gasteiger partial charge in [-0.3, -0.25) is 0 Å². The van der Waals surface area contributed by atoms with Gasteiger partial charge in [0.25, 0.3) is 0 Å². The molecule has 190 valence electrons. The molecule has 0 aliphatic rings. The summed E-state index contributed by atoms with van der Waals surface area (Å²) in [4.78, 5) is 0. The van der Waals surface area contributed by atoms with Crippen molar-refractivity contribution in [1.29, 1.82) is 0 Å². The lowest BCUT2D eigenvalue weighted by Gasteiger charge is -2.24. The van der Waals surface area contributed by atoms with Gasteiger partial charge in [-0.1, -0.05) is 76.9 Å². The Bertz CT molecular complexity index is 351. The zero-order valence-corrected chi connectivity index (χ0v) is 23.6. The molecule has 1 N–H and O–H groups in total. The molecule has 31 heavy (non-hydrogen) atoms. The zero-order chi connectivity index (χ0) is 21.5. The standard InChI is InChI=1S/C24H51NO3Si.2ClH/c1-5-6-7-8-9-10-11-12-13-14-15-16-17-18-19-20-22-25-23-21-24-29(26-2,27-3)28-4;;/h12-13,25H,5-11,14-24H2,1-4H3;2*1H/b13-12-;;. The largest absolute Gasteiger partial charge is 0.500 e. The van der Waals surface area contributed by atoms with Crippen LogP contribution in [0.3, 0.4) is 0 Å². The smallest absolute Gasteiger partial charge is 0.377 e. The molecule has 0 aromatic carbocycles. The van der Waals surface area contributed by atoms with Crippen molar-refractivity contribution in [2.24, 2.45) is 0 Å². The predicted molar refractivity (Wildman–Crippen MR) is 143 cm³/mol. The van der Waals surface area contributed by atoms with Gasteiger partial charge in [-0.2, -0.15) is 0 Å². The van der Waals surface area contributed by atoms with Crippen LogP contribution in [0.15, 0.2) is 12.2 Å². The van der Waals surface area contributed by atoms with E-state index in [0.29, 0.717) is 0 Å². The van der Waals surface area contributed by atoms with Gasteiger partial charge in [0.1, 0.15) is 0 Å². The molecule has 0 aromatic heterocycles. The minimum atomic E-state index is -2.38. The van der Waals surface area contributed by atoms with Gasteiger partial charge in [-0.05, 0) is 51.6 Å². The Morgan fingerprint density at radius 3 is 1.48 bits per heavy atom. The maximum absolute atomic E-state index is 5.44. The van der Waals surface area contributed by atoms with Crippen LogP contribution in [0, 0.1) is 0 Å². The average Bonchev–Trinajstić information content (AvgIpc) is 2.75. The molecule has 0 fully saturated rings. The van der Waals surface area contributed by atoms with Crippen molar-refractivity contribution < 1.29 is 13.3 Å². The summed E-state index contributed by atoms with van der Waals surface area (Å²) in [5.41, 5.74) is 0. The highest BCUT2D eigenvalue weighted by Gasteiger charge is 2.36. The van der Waals surface area contributed by atoms with Crippen LogP contribution in [0.25, 0.3) is 0 Å². The molecule has 7 heteroatoms. The van der Waals surface area contributed by atoms with Gasteiger partial charge in [0.2, 0.25) is 0 Å². The molecule has 0 aliphatic carbocycles. The zero-order valence-electron chi connectivity index (χ0n) is 20.9. The molecule has 4 nitrogen and oxygen atoms in total. The first kappa shape index (κ1) is 36.0. The number of hydrogen-bond acceptors (Lipinski definition) is 4. The van der Waals surface area contributed by atoms with E-state index in [1.807, 2.05) is 0 Å². The minimum Gasteiger partial charge on any atom is -0.377 e. The lowest BCUT2D eigenvalue weighted by molar-refractivity contribution is 0.123. The number of nitrogens with one attached hydrogen (secondary N) is 1. The van der Waals surface area contributed by atoms with Crippen molar-refractivity contribution in [2.45, 2.75) is 109 Å². The topological polar surface area (TPSA) is 39.7 Å². The molecule has 0 rings (SSSR count). The van der Waals surface area contributed by atoms with Crippen LogP contribution < -0.4 is 5.32 Å². The van der Waals surface area contributed by atoms with Crippen molar-refractivity contribution in [3.8, 4) is 0 Å². The van der Waals surface area contributed by atoms with E-state index in [9.17, 15) is 0 Å². The van der Waals surface area contributed by atoms with Gasteiger partial charge in [-0.25, -0.2) is 0 Å². The quantitative estimate of drug-likeness (QED) is 0.0882. The summed E-state index contributed by atoms with van der Waals surface area (Å²) in [7, 11) is 2.66. The van der Waals surface area contributed by atoms with Crippen LogP contribution in [0.1, 0.15) is 103 Å². The van der Waals surface area contributed by atoms with E-state index < -0.39 is 8.80 Å². The fourth-order valence-corrected chi connectivity index (χ4v) is 5.33. The highest BCUT2D eigenvalue weighted by molar-refractivity contribution is 6.60. The van der Waals surface area contributed by atoms with Crippen LogP contribution in [0.2, 0.25) is 6.04 Å². The van der Waals surface area contributed by atoms with Crippen LogP contribution >= 0.6 is 24.8 Å². The van der Waals surface area contributed by atoms with Crippen LogP contribution in [-0.4, -0.2) is 43.2 Å². The Balaban J connectivity index is -0.00000392. The van der Waals surface area contributed by atoms with Crippen molar-refractivity contribution in [2.75, 3.05) is 34.4 Å². The normalized spacial score (nSPS) is 11.5. The molecule has 0 aromatic rings. The van der Waals surface area contributed by atoms with E-state index in [4.69, 9.17) is 13.3 Å². The molecule has 0 saturated carbocycles. The third-order valence-corrected chi connectivity index (χ3v) is 8.47. The highest BCUT2D eigenvalue weighted by Crippen LogP contribution is 2.14. The molecule has 0 spiro atoms. The summed E-state index contributed by atoms with van der Waals surface area (Å²) < 4.78 is 16.3. The second kappa shape index (κ2) is 28.4. The predicted octanol–water partition coefficient (Wildman–Crippen LogP) is 7.73. The van der Waals surface area contributed by atoms with Gasteiger partial charge >= 0.3 is 8.80 Å². The monoisotopic (exact) mass is 501 g/mol. The second-order valence-electron chi connectivity index (χ2n) is 8.09. The van der Waals surface area contributed by atoms with Gasteiger partial charge in [-0.15, -0.1) is 24.8 Å². The maximum atomic E-state index is 5.44. The fourth-order valence-electron chi connectivity index (χ4n) is 3.61. The van der Waals surface area contributed by atoms with E-state index in [1.54, 1.807) is 21.3 Å². The van der Waals surface area contributed by atoms with Crippen LogP contribution in [0.5, 0.6) is 0 Å². The van der Waals surface area contributed by atoms with Crippen LogP contribution in [-0.2, 0) is 13.3 Å². The SMILES string of the molecule is CCCCCCCC/C=C\CCCCCCCCNCCC[Si](OC)(OC)OC.Cl.Cl. The van der Waals surface area contributed by atoms with Gasteiger partial charge in [0.05, 0.1) is 0 Å². The van der Waals surface area contributed by atoms with Gasteiger partial charge in [0.15, 0.2) is 0 Å². The number of allylic oxidation sites excluding steroid dienone is 2. The van der Waals surface area contributed by atoms with Crippen molar-refractivity contribution in [1.82, 2.24) is 5.32 Å². The summed E-state index contributed by atoms with van der Waals surface area (Å²) in [6.07, 6.45) is 24.9. The van der Waals surface area contributed by atoms with Crippen molar-refractivity contribution >= 4 is 33.6 Å². The Morgan fingerprint density at radius 1 is 0.581 bits per heavy atom. The van der Waals surface area contributed by atoms with Crippen molar-refractivity contribution in [3.05, 3.63) is 12.2 Å². The highest BCUT2D eigenvalue weighted by atomic mass is 35.5. The molecule has 0 aliphatic heterocycles. The van der Waals surface area contributed by atoms with E-state index in [-0.39, 0.29) is 24.8 Å². The number of rotatable bonds is 23. The Hall–Kier alpha value is 0.377. The first-order chi connectivity index (χ1) is 14.2. The number of unbranched alkanes of at least 4 members (excludes halogenated alkanes) is 12. The molecule has 0 heterocycles.